The normalized spacial score (nSPS) is 10.2. The largest absolute Gasteiger partial charge is 0.489 e. The van der Waals surface area contributed by atoms with Crippen molar-refractivity contribution in [2.45, 2.75) is 18.4 Å². The minimum Gasteiger partial charge on any atom is -0.489 e. The van der Waals surface area contributed by atoms with Crippen LogP contribution in [0.2, 0.25) is 0 Å². The number of benzene rings is 2. The van der Waals surface area contributed by atoms with Gasteiger partial charge in [-0.2, -0.15) is 0 Å². The second kappa shape index (κ2) is 5.78. The predicted octanol–water partition coefficient (Wildman–Crippen LogP) is 4.30. The van der Waals surface area contributed by atoms with Crippen LogP contribution < -0.4 is 4.74 Å². The molecule has 2 aromatic rings. The van der Waals surface area contributed by atoms with Crippen molar-refractivity contribution >= 4 is 11.8 Å². The summed E-state index contributed by atoms with van der Waals surface area (Å²) in [5.41, 5.74) is 2.46. The predicted molar refractivity (Wildman–Crippen MR) is 73.7 cm³/mol. The summed E-state index contributed by atoms with van der Waals surface area (Å²) in [6.07, 6.45) is 2.09. The van der Waals surface area contributed by atoms with E-state index < -0.39 is 0 Å². The molecule has 88 valence electrons. The fourth-order valence-corrected chi connectivity index (χ4v) is 2.29. The summed E-state index contributed by atoms with van der Waals surface area (Å²) in [5, 5.41) is 0. The maximum absolute atomic E-state index is 5.80. The van der Waals surface area contributed by atoms with Gasteiger partial charge in [-0.1, -0.05) is 30.3 Å². The summed E-state index contributed by atoms with van der Waals surface area (Å²) < 4.78 is 5.80. The lowest BCUT2D eigenvalue weighted by atomic mass is 10.2. The van der Waals surface area contributed by atoms with Gasteiger partial charge in [0.15, 0.2) is 0 Å². The molecule has 1 nitrogen and oxygen atoms in total. The molecule has 0 saturated carbocycles. The second-order valence-electron chi connectivity index (χ2n) is 3.92. The van der Waals surface area contributed by atoms with Gasteiger partial charge in [0.25, 0.3) is 0 Å². The van der Waals surface area contributed by atoms with Crippen molar-refractivity contribution in [3.63, 3.8) is 0 Å². The van der Waals surface area contributed by atoms with Crippen LogP contribution in [0.4, 0.5) is 0 Å². The lowest BCUT2D eigenvalue weighted by Crippen LogP contribution is -1.97. The summed E-state index contributed by atoms with van der Waals surface area (Å²) in [4.78, 5) is 1.28. The standard InChI is InChI=1S/C15H16OS/c1-12-6-5-8-14(10-12)16-11-13-7-3-4-9-15(13)17-2/h3-10H,11H2,1-2H3. The number of thioether (sulfide) groups is 1. The molecule has 0 N–H and O–H groups in total. The van der Waals surface area contributed by atoms with E-state index in [0.29, 0.717) is 6.61 Å². The monoisotopic (exact) mass is 244 g/mol. The highest BCUT2D eigenvalue weighted by molar-refractivity contribution is 7.98. The Hall–Kier alpha value is -1.41. The Bertz CT molecular complexity index is 494. The van der Waals surface area contributed by atoms with Gasteiger partial charge in [0.2, 0.25) is 0 Å². The third-order valence-electron chi connectivity index (χ3n) is 2.58. The number of aryl methyl sites for hydroxylation is 1. The van der Waals surface area contributed by atoms with Gasteiger partial charge in [0.1, 0.15) is 12.4 Å². The Morgan fingerprint density at radius 1 is 1.06 bits per heavy atom. The smallest absolute Gasteiger partial charge is 0.120 e. The highest BCUT2D eigenvalue weighted by Gasteiger charge is 2.01. The van der Waals surface area contributed by atoms with Crippen LogP contribution in [-0.4, -0.2) is 6.26 Å². The maximum Gasteiger partial charge on any atom is 0.120 e. The van der Waals surface area contributed by atoms with Crippen molar-refractivity contribution in [1.29, 1.82) is 0 Å². The Morgan fingerprint density at radius 2 is 1.88 bits per heavy atom. The highest BCUT2D eigenvalue weighted by atomic mass is 32.2. The quantitative estimate of drug-likeness (QED) is 0.742. The average molecular weight is 244 g/mol. The van der Waals surface area contributed by atoms with E-state index in [-0.39, 0.29) is 0 Å². The first-order chi connectivity index (χ1) is 8.29. The van der Waals surface area contributed by atoms with Gasteiger partial charge in [-0.05, 0) is 36.9 Å². The van der Waals surface area contributed by atoms with Crippen LogP contribution in [-0.2, 0) is 6.61 Å². The highest BCUT2D eigenvalue weighted by Crippen LogP contribution is 2.22. The van der Waals surface area contributed by atoms with Gasteiger partial charge in [-0.25, -0.2) is 0 Å². The number of rotatable bonds is 4. The minimum absolute atomic E-state index is 0.625. The van der Waals surface area contributed by atoms with Gasteiger partial charge < -0.3 is 4.74 Å². The molecular formula is C15H16OS. The van der Waals surface area contributed by atoms with Gasteiger partial charge in [0.05, 0.1) is 0 Å². The molecule has 2 rings (SSSR count). The first-order valence-corrected chi connectivity index (χ1v) is 6.83. The molecule has 17 heavy (non-hydrogen) atoms. The SMILES string of the molecule is CSc1ccccc1COc1cccc(C)c1. The summed E-state index contributed by atoms with van der Waals surface area (Å²) >= 11 is 1.75. The summed E-state index contributed by atoms with van der Waals surface area (Å²) in [7, 11) is 0. The Morgan fingerprint density at radius 3 is 2.65 bits per heavy atom. The topological polar surface area (TPSA) is 9.23 Å². The third kappa shape index (κ3) is 3.27. The second-order valence-corrected chi connectivity index (χ2v) is 4.77. The van der Waals surface area contributed by atoms with Crippen LogP contribution >= 0.6 is 11.8 Å². The van der Waals surface area contributed by atoms with E-state index in [9.17, 15) is 0 Å². The zero-order chi connectivity index (χ0) is 12.1. The van der Waals surface area contributed by atoms with Gasteiger partial charge >= 0.3 is 0 Å². The van der Waals surface area contributed by atoms with E-state index in [0.717, 1.165) is 5.75 Å². The maximum atomic E-state index is 5.80. The van der Waals surface area contributed by atoms with E-state index in [1.54, 1.807) is 11.8 Å². The van der Waals surface area contributed by atoms with E-state index in [1.165, 1.54) is 16.0 Å². The molecule has 0 aliphatic heterocycles. The fraction of sp³-hybridized carbons (Fsp3) is 0.200. The summed E-state index contributed by atoms with van der Waals surface area (Å²) in [6, 6.07) is 16.5. The number of hydrogen-bond acceptors (Lipinski definition) is 2. The third-order valence-corrected chi connectivity index (χ3v) is 3.41. The van der Waals surface area contributed by atoms with Crippen LogP contribution in [0.15, 0.2) is 53.4 Å². The van der Waals surface area contributed by atoms with E-state index in [2.05, 4.69) is 49.6 Å². The molecule has 2 heteroatoms. The van der Waals surface area contributed by atoms with Gasteiger partial charge in [-0.15, -0.1) is 11.8 Å². The van der Waals surface area contributed by atoms with Crippen LogP contribution in [0, 0.1) is 6.92 Å². The zero-order valence-electron chi connectivity index (χ0n) is 10.1. The first-order valence-electron chi connectivity index (χ1n) is 5.61. The van der Waals surface area contributed by atoms with Crippen LogP contribution in [0.1, 0.15) is 11.1 Å². The van der Waals surface area contributed by atoms with Crippen molar-refractivity contribution in [2.75, 3.05) is 6.26 Å². The van der Waals surface area contributed by atoms with E-state index in [1.807, 2.05) is 12.1 Å². The Labute approximate surface area is 107 Å². The Balaban J connectivity index is 2.07. The molecule has 0 spiro atoms. The van der Waals surface area contributed by atoms with Gasteiger partial charge in [0, 0.05) is 10.5 Å². The lowest BCUT2D eigenvalue weighted by molar-refractivity contribution is 0.303. The molecule has 0 heterocycles. The summed E-state index contributed by atoms with van der Waals surface area (Å²) in [6.45, 7) is 2.70. The van der Waals surface area contributed by atoms with Crippen molar-refractivity contribution < 1.29 is 4.74 Å². The fourth-order valence-electron chi connectivity index (χ4n) is 1.69. The molecule has 0 bridgehead atoms. The number of hydrogen-bond donors (Lipinski definition) is 0. The molecule has 0 aliphatic carbocycles. The first kappa shape index (κ1) is 12.1. The zero-order valence-corrected chi connectivity index (χ0v) is 11.0. The van der Waals surface area contributed by atoms with E-state index in [4.69, 9.17) is 4.74 Å². The summed E-state index contributed by atoms with van der Waals surface area (Å²) in [5.74, 6) is 0.931. The molecular weight excluding hydrogens is 228 g/mol. The van der Waals surface area contributed by atoms with E-state index >= 15 is 0 Å². The molecule has 0 fully saturated rings. The van der Waals surface area contributed by atoms with Crippen LogP contribution in [0.5, 0.6) is 5.75 Å². The van der Waals surface area contributed by atoms with Crippen LogP contribution in [0.25, 0.3) is 0 Å². The molecule has 0 atom stereocenters. The Kier molecular flexibility index (Phi) is 4.10. The average Bonchev–Trinajstić information content (AvgIpc) is 2.37. The van der Waals surface area contributed by atoms with Crippen LogP contribution in [0.3, 0.4) is 0 Å². The van der Waals surface area contributed by atoms with Crippen molar-refractivity contribution in [3.8, 4) is 5.75 Å². The van der Waals surface area contributed by atoms with Crippen molar-refractivity contribution in [3.05, 3.63) is 59.7 Å². The van der Waals surface area contributed by atoms with Crippen molar-refractivity contribution in [2.24, 2.45) is 0 Å². The molecule has 0 saturated heterocycles. The molecule has 0 amide bonds. The molecule has 0 unspecified atom stereocenters. The molecule has 0 aliphatic rings. The minimum atomic E-state index is 0.625. The molecule has 0 aromatic heterocycles. The molecule has 2 aromatic carbocycles. The van der Waals surface area contributed by atoms with Crippen molar-refractivity contribution in [1.82, 2.24) is 0 Å². The lowest BCUT2D eigenvalue weighted by Gasteiger charge is -2.09. The molecule has 0 radical (unpaired) electrons. The van der Waals surface area contributed by atoms with Gasteiger partial charge in [-0.3, -0.25) is 0 Å². The number of ether oxygens (including phenoxy) is 1.